The zero-order valence-electron chi connectivity index (χ0n) is 14.1. The van der Waals surface area contributed by atoms with Crippen molar-refractivity contribution in [3.8, 4) is 5.75 Å². The monoisotopic (exact) mass is 390 g/mol. The number of hydrogen-bond donors (Lipinski definition) is 1. The van der Waals surface area contributed by atoms with Gasteiger partial charge < -0.3 is 15.0 Å². The molecule has 0 aliphatic rings. The molecule has 0 unspecified atom stereocenters. The van der Waals surface area contributed by atoms with Crippen LogP contribution in [-0.4, -0.2) is 44.6 Å². The molecule has 0 fully saturated rings. The Labute approximate surface area is 151 Å². The van der Waals surface area contributed by atoms with Crippen molar-refractivity contribution in [2.75, 3.05) is 33.8 Å². The van der Waals surface area contributed by atoms with Gasteiger partial charge in [-0.15, -0.1) is 0 Å². The molecule has 24 heavy (non-hydrogen) atoms. The lowest BCUT2D eigenvalue weighted by Crippen LogP contribution is -2.31. The molecule has 4 nitrogen and oxygen atoms in total. The Morgan fingerprint density at radius 3 is 2.58 bits per heavy atom. The summed E-state index contributed by atoms with van der Waals surface area (Å²) in [5.74, 6) is 0.828. The summed E-state index contributed by atoms with van der Waals surface area (Å²) in [5.41, 5.74) is 1.83. The molecule has 1 N–H and O–H groups in total. The molecule has 0 bridgehead atoms. The molecule has 128 valence electrons. The molecule has 0 aliphatic carbocycles. The van der Waals surface area contributed by atoms with Crippen LogP contribution >= 0.6 is 15.9 Å². The fourth-order valence-electron chi connectivity index (χ4n) is 2.35. The first-order valence-electron chi connectivity index (χ1n) is 7.98. The first-order chi connectivity index (χ1) is 11.6. The van der Waals surface area contributed by atoms with Crippen molar-refractivity contribution in [1.82, 2.24) is 10.2 Å². The van der Waals surface area contributed by atoms with Crippen molar-refractivity contribution in [2.24, 2.45) is 0 Å². The highest BCUT2D eigenvalue weighted by Gasteiger charge is 2.15. The van der Waals surface area contributed by atoms with E-state index in [1.165, 1.54) is 0 Å². The lowest BCUT2D eigenvalue weighted by atomic mass is 10.0. The predicted molar refractivity (Wildman–Crippen MR) is 101 cm³/mol. The maximum absolute atomic E-state index is 12.7. The van der Waals surface area contributed by atoms with Crippen molar-refractivity contribution >= 4 is 21.8 Å². The molecule has 0 spiro atoms. The molecule has 0 radical (unpaired) electrons. The highest BCUT2D eigenvalue weighted by molar-refractivity contribution is 9.10. The molecule has 0 saturated heterocycles. The lowest BCUT2D eigenvalue weighted by Gasteiger charge is -2.19. The summed E-state index contributed by atoms with van der Waals surface area (Å²) in [4.78, 5) is 14.4. The molecule has 0 heterocycles. The van der Waals surface area contributed by atoms with Crippen molar-refractivity contribution in [3.63, 3.8) is 0 Å². The van der Waals surface area contributed by atoms with E-state index in [-0.39, 0.29) is 5.91 Å². The second kappa shape index (κ2) is 9.45. The second-order valence-corrected chi connectivity index (χ2v) is 6.46. The third-order valence-electron chi connectivity index (χ3n) is 3.75. The lowest BCUT2D eigenvalue weighted by molar-refractivity contribution is 0.0772. The van der Waals surface area contributed by atoms with Gasteiger partial charge in [0.2, 0.25) is 0 Å². The quantitative estimate of drug-likeness (QED) is 0.751. The summed E-state index contributed by atoms with van der Waals surface area (Å²) in [5, 5.41) is 3.12. The summed E-state index contributed by atoms with van der Waals surface area (Å²) in [6.07, 6.45) is 0.835. The van der Waals surface area contributed by atoms with E-state index < -0.39 is 0 Å². The summed E-state index contributed by atoms with van der Waals surface area (Å²) < 4.78 is 6.70. The van der Waals surface area contributed by atoms with E-state index in [9.17, 15) is 4.79 Å². The van der Waals surface area contributed by atoms with Crippen LogP contribution in [-0.2, 0) is 6.42 Å². The Morgan fingerprint density at radius 2 is 1.88 bits per heavy atom. The van der Waals surface area contributed by atoms with Gasteiger partial charge in [0, 0.05) is 17.1 Å². The predicted octanol–water partition coefficient (Wildman–Crippen LogP) is 3.36. The molecular weight excluding hydrogens is 368 g/mol. The molecule has 0 aromatic heterocycles. The van der Waals surface area contributed by atoms with Crippen LogP contribution in [0.1, 0.15) is 15.9 Å². The smallest absolute Gasteiger partial charge is 0.253 e. The Kier molecular flexibility index (Phi) is 7.28. The highest BCUT2D eigenvalue weighted by atomic mass is 79.9. The number of rotatable bonds is 8. The average Bonchev–Trinajstić information content (AvgIpc) is 2.61. The van der Waals surface area contributed by atoms with E-state index in [1.807, 2.05) is 62.6 Å². The molecule has 0 saturated carbocycles. The van der Waals surface area contributed by atoms with E-state index in [0.29, 0.717) is 13.2 Å². The molecular formula is C19H23BrN2O2. The largest absolute Gasteiger partial charge is 0.492 e. The molecule has 0 atom stereocenters. The highest BCUT2D eigenvalue weighted by Crippen LogP contribution is 2.16. The summed E-state index contributed by atoms with van der Waals surface area (Å²) in [6.45, 7) is 1.85. The topological polar surface area (TPSA) is 41.6 Å². The molecule has 5 heteroatoms. The number of carbonyl (C=O) groups is 1. The number of amides is 1. The van der Waals surface area contributed by atoms with Crippen LogP contribution in [0.25, 0.3) is 0 Å². The zero-order valence-corrected chi connectivity index (χ0v) is 15.7. The number of halogens is 1. The van der Waals surface area contributed by atoms with Gasteiger partial charge in [-0.2, -0.15) is 0 Å². The maximum atomic E-state index is 12.7. The van der Waals surface area contributed by atoms with Gasteiger partial charge in [-0.1, -0.05) is 34.1 Å². The minimum Gasteiger partial charge on any atom is -0.492 e. The molecule has 2 aromatic carbocycles. The van der Waals surface area contributed by atoms with E-state index in [2.05, 4.69) is 21.2 Å². The van der Waals surface area contributed by atoms with Crippen LogP contribution in [0.15, 0.2) is 53.0 Å². The first-order valence-corrected chi connectivity index (χ1v) is 8.77. The standard InChI is InChI=1S/C19H23BrN2O2/c1-21-12-11-15-5-3-4-6-18(15)19(23)22(2)13-14-24-17-9-7-16(20)8-10-17/h3-10,21H,11-14H2,1-2H3. The first kappa shape index (κ1) is 18.5. The Morgan fingerprint density at radius 1 is 1.17 bits per heavy atom. The minimum atomic E-state index is 0.0288. The number of likely N-dealkylation sites (N-methyl/N-ethyl adjacent to an activating group) is 2. The number of nitrogens with zero attached hydrogens (tertiary/aromatic N) is 1. The Bertz CT molecular complexity index is 659. The summed E-state index contributed by atoms with van der Waals surface area (Å²) in [6, 6.07) is 15.4. The normalized spacial score (nSPS) is 10.5. The second-order valence-electron chi connectivity index (χ2n) is 5.54. The third-order valence-corrected chi connectivity index (χ3v) is 4.28. The van der Waals surface area contributed by atoms with Gasteiger partial charge in [0.15, 0.2) is 0 Å². The Hall–Kier alpha value is -1.85. The third kappa shape index (κ3) is 5.35. The van der Waals surface area contributed by atoms with Crippen LogP contribution < -0.4 is 10.1 Å². The van der Waals surface area contributed by atoms with Crippen molar-refractivity contribution in [2.45, 2.75) is 6.42 Å². The van der Waals surface area contributed by atoms with Crippen LogP contribution in [0.2, 0.25) is 0 Å². The fraction of sp³-hybridized carbons (Fsp3) is 0.316. The van der Waals surface area contributed by atoms with Crippen LogP contribution in [0, 0.1) is 0 Å². The number of benzene rings is 2. The van der Waals surface area contributed by atoms with E-state index in [0.717, 1.165) is 34.3 Å². The van der Waals surface area contributed by atoms with Gasteiger partial charge in [-0.3, -0.25) is 4.79 Å². The van der Waals surface area contributed by atoms with E-state index >= 15 is 0 Å². The van der Waals surface area contributed by atoms with Gasteiger partial charge in [-0.05, 0) is 55.9 Å². The van der Waals surface area contributed by atoms with Gasteiger partial charge in [-0.25, -0.2) is 0 Å². The molecule has 1 amide bonds. The van der Waals surface area contributed by atoms with Crippen LogP contribution in [0.4, 0.5) is 0 Å². The van der Waals surface area contributed by atoms with Crippen molar-refractivity contribution < 1.29 is 9.53 Å². The summed E-state index contributed by atoms with van der Waals surface area (Å²) in [7, 11) is 3.72. The number of ether oxygens (including phenoxy) is 1. The SMILES string of the molecule is CNCCc1ccccc1C(=O)N(C)CCOc1ccc(Br)cc1. The van der Waals surface area contributed by atoms with Crippen LogP contribution in [0.5, 0.6) is 5.75 Å². The minimum absolute atomic E-state index is 0.0288. The van der Waals surface area contributed by atoms with E-state index in [1.54, 1.807) is 4.90 Å². The van der Waals surface area contributed by atoms with Crippen molar-refractivity contribution in [3.05, 3.63) is 64.1 Å². The fourth-order valence-corrected chi connectivity index (χ4v) is 2.61. The number of nitrogens with one attached hydrogen (secondary N) is 1. The molecule has 2 aromatic rings. The van der Waals surface area contributed by atoms with E-state index in [4.69, 9.17) is 4.74 Å². The van der Waals surface area contributed by atoms with Crippen LogP contribution in [0.3, 0.4) is 0 Å². The number of carbonyl (C=O) groups excluding carboxylic acids is 1. The molecule has 0 aliphatic heterocycles. The number of hydrogen-bond acceptors (Lipinski definition) is 3. The van der Waals surface area contributed by atoms with Crippen molar-refractivity contribution in [1.29, 1.82) is 0 Å². The molecule has 2 rings (SSSR count). The van der Waals surface area contributed by atoms with Gasteiger partial charge in [0.05, 0.1) is 6.54 Å². The van der Waals surface area contributed by atoms with Gasteiger partial charge in [0.1, 0.15) is 12.4 Å². The Balaban J connectivity index is 1.91. The summed E-state index contributed by atoms with van der Waals surface area (Å²) >= 11 is 3.39. The van der Waals surface area contributed by atoms with Gasteiger partial charge in [0.25, 0.3) is 5.91 Å². The zero-order chi connectivity index (χ0) is 17.4. The van der Waals surface area contributed by atoms with Gasteiger partial charge >= 0.3 is 0 Å². The average molecular weight is 391 g/mol. The maximum Gasteiger partial charge on any atom is 0.253 e.